The van der Waals surface area contributed by atoms with Gasteiger partial charge in [0.2, 0.25) is 5.95 Å². The van der Waals surface area contributed by atoms with Gasteiger partial charge in [0.15, 0.2) is 0 Å². The molecule has 2 rings (SSSR count). The molecule has 0 aromatic carbocycles. The van der Waals surface area contributed by atoms with Crippen LogP contribution in [-0.2, 0) is 4.74 Å². The molecule has 0 spiro atoms. The topological polar surface area (TPSA) is 87.7 Å². The van der Waals surface area contributed by atoms with Crippen LogP contribution < -0.4 is 5.32 Å². The largest absolute Gasteiger partial charge is 0.450 e. The number of aromatic nitrogens is 2. The molecule has 2 heterocycles. The third kappa shape index (κ3) is 4.81. The normalized spacial score (nSPS) is 15.2. The van der Waals surface area contributed by atoms with E-state index in [1.165, 1.54) is 0 Å². The Kier molecular flexibility index (Phi) is 5.58. The summed E-state index contributed by atoms with van der Waals surface area (Å²) in [6.07, 6.45) is 1.24. The summed E-state index contributed by atoms with van der Waals surface area (Å²) in [5.41, 5.74) is 0.161. The van der Waals surface area contributed by atoms with Gasteiger partial charge in [0.25, 0.3) is 5.91 Å². The predicted molar refractivity (Wildman–Crippen MR) is 89.9 cm³/mol. The SMILES string of the molecule is CCOC(=O)N1CCN(C(=O)c2ccnc(NC(C)(C)C)n2)CC1. The fourth-order valence-corrected chi connectivity index (χ4v) is 2.34. The summed E-state index contributed by atoms with van der Waals surface area (Å²) in [6, 6.07) is 1.61. The van der Waals surface area contributed by atoms with Gasteiger partial charge in [0.05, 0.1) is 6.61 Å². The highest BCUT2D eigenvalue weighted by Crippen LogP contribution is 2.12. The van der Waals surface area contributed by atoms with Gasteiger partial charge >= 0.3 is 6.09 Å². The molecule has 1 N–H and O–H groups in total. The molecule has 0 atom stereocenters. The number of hydrogen-bond acceptors (Lipinski definition) is 6. The van der Waals surface area contributed by atoms with Crippen LogP contribution in [0, 0.1) is 0 Å². The number of carbonyl (C=O) groups excluding carboxylic acids is 2. The number of ether oxygens (including phenoxy) is 1. The Morgan fingerprint density at radius 1 is 1.21 bits per heavy atom. The lowest BCUT2D eigenvalue weighted by atomic mass is 10.1. The fourth-order valence-electron chi connectivity index (χ4n) is 2.34. The standard InChI is InChI=1S/C16H25N5O3/c1-5-24-15(23)21-10-8-20(9-11-21)13(22)12-6-7-17-14(18-12)19-16(2,3)4/h6-7H,5,8-11H2,1-4H3,(H,17,18,19). The first-order valence-electron chi connectivity index (χ1n) is 8.12. The zero-order valence-electron chi connectivity index (χ0n) is 14.7. The molecule has 0 radical (unpaired) electrons. The van der Waals surface area contributed by atoms with E-state index in [2.05, 4.69) is 15.3 Å². The highest BCUT2D eigenvalue weighted by atomic mass is 16.6. The maximum absolute atomic E-state index is 12.6. The first-order valence-corrected chi connectivity index (χ1v) is 8.12. The van der Waals surface area contributed by atoms with Crippen molar-refractivity contribution < 1.29 is 14.3 Å². The van der Waals surface area contributed by atoms with E-state index < -0.39 is 0 Å². The van der Waals surface area contributed by atoms with Crippen molar-refractivity contribution in [2.24, 2.45) is 0 Å². The average molecular weight is 335 g/mol. The van der Waals surface area contributed by atoms with Gasteiger partial charge in [-0.3, -0.25) is 4.79 Å². The van der Waals surface area contributed by atoms with Gasteiger partial charge in [0, 0.05) is 37.9 Å². The number of nitrogens with zero attached hydrogens (tertiary/aromatic N) is 4. The molecule has 1 aromatic rings. The van der Waals surface area contributed by atoms with Crippen molar-refractivity contribution in [3.63, 3.8) is 0 Å². The molecule has 1 fully saturated rings. The summed E-state index contributed by atoms with van der Waals surface area (Å²) in [7, 11) is 0. The Labute approximate surface area is 142 Å². The smallest absolute Gasteiger partial charge is 0.409 e. The molecule has 2 amide bonds. The molecule has 0 unspecified atom stereocenters. The molecule has 1 aliphatic heterocycles. The number of rotatable bonds is 3. The number of carbonyl (C=O) groups is 2. The first kappa shape index (κ1) is 18.0. The quantitative estimate of drug-likeness (QED) is 0.903. The Hall–Kier alpha value is -2.38. The number of amides is 2. The van der Waals surface area contributed by atoms with E-state index in [0.29, 0.717) is 44.4 Å². The van der Waals surface area contributed by atoms with Crippen LogP contribution in [-0.4, -0.2) is 70.1 Å². The van der Waals surface area contributed by atoms with Crippen molar-refractivity contribution in [2.75, 3.05) is 38.1 Å². The molecular weight excluding hydrogens is 310 g/mol. The Balaban J connectivity index is 1.98. The molecule has 132 valence electrons. The number of anilines is 1. The van der Waals surface area contributed by atoms with Crippen LogP contribution in [0.1, 0.15) is 38.2 Å². The van der Waals surface area contributed by atoms with Gasteiger partial charge in [-0.25, -0.2) is 14.8 Å². The van der Waals surface area contributed by atoms with Crippen molar-refractivity contribution in [3.05, 3.63) is 18.0 Å². The maximum Gasteiger partial charge on any atom is 0.409 e. The lowest BCUT2D eigenvalue weighted by Gasteiger charge is -2.33. The third-order valence-corrected chi connectivity index (χ3v) is 3.45. The second-order valence-electron chi connectivity index (χ2n) is 6.62. The minimum Gasteiger partial charge on any atom is -0.450 e. The third-order valence-electron chi connectivity index (χ3n) is 3.45. The van der Waals surface area contributed by atoms with Gasteiger partial charge < -0.3 is 19.9 Å². The summed E-state index contributed by atoms with van der Waals surface area (Å²) in [5.74, 6) is 0.274. The molecule has 0 bridgehead atoms. The van der Waals surface area contributed by atoms with Gasteiger partial charge in [-0.2, -0.15) is 0 Å². The zero-order chi connectivity index (χ0) is 17.7. The van der Waals surface area contributed by atoms with Crippen molar-refractivity contribution in [2.45, 2.75) is 33.2 Å². The van der Waals surface area contributed by atoms with Crippen LogP contribution >= 0.6 is 0 Å². The minimum absolute atomic E-state index is 0.155. The molecule has 1 saturated heterocycles. The molecular formula is C16H25N5O3. The molecule has 24 heavy (non-hydrogen) atoms. The van der Waals surface area contributed by atoms with Crippen molar-refractivity contribution >= 4 is 17.9 Å². The van der Waals surface area contributed by atoms with E-state index >= 15 is 0 Å². The molecule has 0 saturated carbocycles. The second kappa shape index (κ2) is 7.46. The average Bonchev–Trinajstić information content (AvgIpc) is 2.53. The number of piperazine rings is 1. The van der Waals surface area contributed by atoms with E-state index in [1.54, 1.807) is 29.0 Å². The van der Waals surface area contributed by atoms with Crippen LogP contribution in [0.5, 0.6) is 0 Å². The van der Waals surface area contributed by atoms with Gasteiger partial charge in [-0.1, -0.05) is 0 Å². The molecule has 1 aliphatic rings. The number of hydrogen-bond donors (Lipinski definition) is 1. The summed E-state index contributed by atoms with van der Waals surface area (Å²) in [5, 5.41) is 3.15. The summed E-state index contributed by atoms with van der Waals surface area (Å²) in [4.78, 5) is 36.0. The Morgan fingerprint density at radius 3 is 2.42 bits per heavy atom. The van der Waals surface area contributed by atoms with Crippen LogP contribution in [0.4, 0.5) is 10.7 Å². The predicted octanol–water partition coefficient (Wildman–Crippen LogP) is 1.60. The van der Waals surface area contributed by atoms with E-state index in [0.717, 1.165) is 0 Å². The Morgan fingerprint density at radius 2 is 1.83 bits per heavy atom. The van der Waals surface area contributed by atoms with Crippen molar-refractivity contribution in [3.8, 4) is 0 Å². The van der Waals surface area contributed by atoms with E-state index in [-0.39, 0.29) is 17.5 Å². The summed E-state index contributed by atoms with van der Waals surface area (Å²) in [6.45, 7) is 9.97. The van der Waals surface area contributed by atoms with Crippen molar-refractivity contribution in [1.82, 2.24) is 19.8 Å². The number of nitrogens with one attached hydrogen (secondary N) is 1. The highest BCUT2D eigenvalue weighted by Gasteiger charge is 2.26. The maximum atomic E-state index is 12.6. The van der Waals surface area contributed by atoms with Crippen LogP contribution in [0.2, 0.25) is 0 Å². The molecule has 0 aliphatic carbocycles. The lowest BCUT2D eigenvalue weighted by Crippen LogP contribution is -2.50. The first-order chi connectivity index (χ1) is 11.3. The minimum atomic E-state index is -0.330. The van der Waals surface area contributed by atoms with Crippen LogP contribution in [0.3, 0.4) is 0 Å². The summed E-state index contributed by atoms with van der Waals surface area (Å²) < 4.78 is 4.98. The van der Waals surface area contributed by atoms with Gasteiger partial charge in [0.1, 0.15) is 5.69 Å². The van der Waals surface area contributed by atoms with Crippen LogP contribution in [0.25, 0.3) is 0 Å². The lowest BCUT2D eigenvalue weighted by molar-refractivity contribution is 0.0566. The van der Waals surface area contributed by atoms with Gasteiger partial charge in [-0.15, -0.1) is 0 Å². The van der Waals surface area contributed by atoms with Crippen LogP contribution in [0.15, 0.2) is 12.3 Å². The zero-order valence-corrected chi connectivity index (χ0v) is 14.7. The monoisotopic (exact) mass is 335 g/mol. The highest BCUT2D eigenvalue weighted by molar-refractivity contribution is 5.92. The molecule has 8 nitrogen and oxygen atoms in total. The summed E-state index contributed by atoms with van der Waals surface area (Å²) >= 11 is 0. The second-order valence-corrected chi connectivity index (χ2v) is 6.62. The van der Waals surface area contributed by atoms with E-state index in [1.807, 2.05) is 20.8 Å². The van der Waals surface area contributed by atoms with E-state index in [4.69, 9.17) is 4.74 Å². The molecule has 1 aromatic heterocycles. The fraction of sp³-hybridized carbons (Fsp3) is 0.625. The molecule has 8 heteroatoms. The van der Waals surface area contributed by atoms with Crippen molar-refractivity contribution in [1.29, 1.82) is 0 Å². The van der Waals surface area contributed by atoms with E-state index in [9.17, 15) is 9.59 Å². The van der Waals surface area contributed by atoms with Gasteiger partial charge in [-0.05, 0) is 33.8 Å². The Bertz CT molecular complexity index is 592.